The van der Waals surface area contributed by atoms with Gasteiger partial charge in [0, 0.05) is 29.6 Å². The second-order valence-electron chi connectivity index (χ2n) is 37.1. The molecule has 0 heterocycles. The van der Waals surface area contributed by atoms with Crippen molar-refractivity contribution in [3.63, 3.8) is 0 Å². The molecule has 24 rings (SSSR count). The van der Waals surface area contributed by atoms with E-state index in [1.807, 2.05) is 0 Å². The number of aryl methyl sites for hydroxylation is 1. The molecule has 0 fully saturated rings. The van der Waals surface area contributed by atoms with Gasteiger partial charge in [0.15, 0.2) is 0 Å². The minimum absolute atomic E-state index is 0.184. The van der Waals surface area contributed by atoms with E-state index in [1.165, 1.54) is 217 Å². The van der Waals surface area contributed by atoms with Crippen LogP contribution in [0.3, 0.4) is 0 Å². The molecule has 11 aromatic rings. The van der Waals surface area contributed by atoms with E-state index in [1.54, 1.807) is 0 Å². The predicted molar refractivity (Wildman–Crippen MR) is 532 cm³/mol. The Balaban J connectivity index is 0.480. The average Bonchev–Trinajstić information content (AvgIpc) is 1.55. The first-order valence-corrected chi connectivity index (χ1v) is 46.5. The average molecular weight is 1630 g/mol. The Labute approximate surface area is 747 Å². The third-order valence-corrected chi connectivity index (χ3v) is 30.4. The van der Waals surface area contributed by atoms with Gasteiger partial charge >= 0.3 is 0 Å². The Kier molecular flexibility index (Phi) is 19.2. The van der Waals surface area contributed by atoms with E-state index in [0.29, 0.717) is 11.8 Å². The van der Waals surface area contributed by atoms with Crippen LogP contribution in [-0.2, 0) is 10.8 Å². The molecule has 0 saturated heterocycles. The third kappa shape index (κ3) is 13.1. The number of benzene rings is 11. The summed E-state index contributed by atoms with van der Waals surface area (Å²) in [7, 11) is 0. The van der Waals surface area contributed by atoms with E-state index in [-0.39, 0.29) is 23.7 Å². The van der Waals surface area contributed by atoms with Gasteiger partial charge in [-0.15, -0.1) is 0 Å². The Hall–Kier alpha value is -14.0. The van der Waals surface area contributed by atoms with Crippen LogP contribution in [0.4, 0.5) is 0 Å². The molecule has 0 aliphatic heterocycles. The fourth-order valence-electron chi connectivity index (χ4n) is 24.3. The normalized spacial score (nSPS) is 22.8. The first-order valence-electron chi connectivity index (χ1n) is 46.5. The van der Waals surface area contributed by atoms with E-state index in [2.05, 4.69) is 438 Å². The molecular weight excluding hydrogens is 1530 g/mol. The molecule has 0 N–H and O–H groups in total. The van der Waals surface area contributed by atoms with E-state index in [4.69, 9.17) is 0 Å². The molecular formula is C127H100. The van der Waals surface area contributed by atoms with Gasteiger partial charge in [-0.1, -0.05) is 436 Å². The van der Waals surface area contributed by atoms with Crippen molar-refractivity contribution < 1.29 is 0 Å². The molecule has 0 amide bonds. The maximum atomic E-state index is 2.55. The molecule has 0 radical (unpaired) electrons. The molecule has 0 spiro atoms. The molecule has 608 valence electrons. The van der Waals surface area contributed by atoms with Gasteiger partial charge in [-0.05, 0) is 277 Å². The zero-order valence-electron chi connectivity index (χ0n) is 72.0. The summed E-state index contributed by atoms with van der Waals surface area (Å²) in [6, 6.07) is 102. The van der Waals surface area contributed by atoms with Crippen molar-refractivity contribution in [1.82, 2.24) is 0 Å². The number of allylic oxidation sites excluding steroid dienone is 36. The smallest absolute Gasteiger partial charge is 0.0713 e. The minimum atomic E-state index is -0.447. The first-order chi connectivity index (χ1) is 62.8. The van der Waals surface area contributed by atoms with E-state index in [0.717, 1.165) is 51.4 Å². The van der Waals surface area contributed by atoms with Gasteiger partial charge in [-0.2, -0.15) is 0 Å². The van der Waals surface area contributed by atoms with Gasteiger partial charge in [-0.25, -0.2) is 0 Å². The molecule has 0 bridgehead atoms. The lowest BCUT2D eigenvalue weighted by Gasteiger charge is -2.39. The van der Waals surface area contributed by atoms with Crippen LogP contribution in [0.2, 0.25) is 0 Å². The topological polar surface area (TPSA) is 0 Å². The summed E-state index contributed by atoms with van der Waals surface area (Å²) in [5, 5.41) is 5.41. The fraction of sp³-hybridized carbons (Fsp3) is 0.150. The van der Waals surface area contributed by atoms with Crippen LogP contribution in [0.1, 0.15) is 142 Å². The molecule has 11 aromatic carbocycles. The highest BCUT2D eigenvalue weighted by Gasteiger charge is 2.49. The lowest BCUT2D eigenvalue weighted by atomic mass is 9.63. The fourth-order valence-corrected chi connectivity index (χ4v) is 24.3. The van der Waals surface area contributed by atoms with Crippen molar-refractivity contribution >= 4 is 45.6 Å². The summed E-state index contributed by atoms with van der Waals surface area (Å²) < 4.78 is 0. The predicted octanol–water partition coefficient (Wildman–Crippen LogP) is 27.7. The van der Waals surface area contributed by atoms with Crippen molar-refractivity contribution in [2.24, 2.45) is 35.5 Å². The highest BCUT2D eigenvalue weighted by molar-refractivity contribution is 5.92. The van der Waals surface area contributed by atoms with Crippen molar-refractivity contribution in [2.45, 2.75) is 82.0 Å². The summed E-state index contributed by atoms with van der Waals surface area (Å²) in [5.74, 6) is 1.88. The largest absolute Gasteiger partial charge is 0.0842 e. The van der Waals surface area contributed by atoms with Crippen molar-refractivity contribution in [2.75, 3.05) is 0 Å². The van der Waals surface area contributed by atoms with Crippen molar-refractivity contribution in [3.05, 3.63) is 568 Å². The lowest BCUT2D eigenvalue weighted by molar-refractivity contribution is 0.573. The maximum absolute atomic E-state index is 2.55. The van der Waals surface area contributed by atoms with Crippen LogP contribution >= 0.6 is 0 Å². The number of fused-ring (bicyclic) bond motifs is 12. The van der Waals surface area contributed by atoms with Gasteiger partial charge in [-0.3, -0.25) is 0 Å². The standard InChI is InChI=1S/C127H100/c1-83-39-72-103(73-40-83)127(118-36-18-15-25-106(118)107-26-16-19-37-119(107)127)105-76-69-94(70-77-105)125-115-34-13-9-30-111(115)123(112-31-10-14-35-116(112)125)92-59-51-87(52-60-92)44-42-85-47-55-90(56-48-85)97-63-64-99-81-100(66-65-98(99)80-97)101-71-78-121-117(82-101)108-27-17-20-38-120(108)126(121,102-23-3-2-4-24-102)104-74-67-93(68-75-104)124-113-32-11-7-28-109(113)122(110-29-8-12-33-114(110)124)91-57-49-86(50-58-91)43-41-84-45-53-89(54-46-84)96-62-61-88-21-5-6-22-95(88)79-96/h2-5,7-21,23-47,49,51-55,57,59-67,69-74,76-78,81-82,95,98,109,111,113,115H,6,22,48,50,56,58,68,75,79-80H2,1H3. The van der Waals surface area contributed by atoms with Gasteiger partial charge in [0.05, 0.1) is 10.8 Å². The lowest BCUT2D eigenvalue weighted by Crippen LogP contribution is -2.41. The molecule has 127 heavy (non-hydrogen) atoms. The first kappa shape index (κ1) is 76.6. The van der Waals surface area contributed by atoms with Crippen molar-refractivity contribution in [3.8, 4) is 22.3 Å². The third-order valence-electron chi connectivity index (χ3n) is 30.4. The van der Waals surface area contributed by atoms with Crippen LogP contribution in [-0.4, -0.2) is 0 Å². The molecule has 7 atom stereocenters. The second-order valence-corrected chi connectivity index (χ2v) is 37.1. The molecule has 7 unspecified atom stereocenters. The molecule has 13 aliphatic rings. The Morgan fingerprint density at radius 2 is 0.764 bits per heavy atom. The van der Waals surface area contributed by atoms with Gasteiger partial charge < -0.3 is 0 Å². The molecule has 0 nitrogen and oxygen atoms in total. The van der Waals surface area contributed by atoms with Crippen LogP contribution in [0.15, 0.2) is 469 Å². The van der Waals surface area contributed by atoms with E-state index >= 15 is 0 Å². The summed E-state index contributed by atoms with van der Waals surface area (Å²) in [6.07, 6.45) is 75.2. The Morgan fingerprint density at radius 1 is 0.307 bits per heavy atom. The Morgan fingerprint density at radius 3 is 1.34 bits per heavy atom. The highest BCUT2D eigenvalue weighted by Crippen LogP contribution is 2.61. The maximum Gasteiger partial charge on any atom is 0.0713 e. The number of hydrogen-bond donors (Lipinski definition) is 0. The SMILES string of the molecule is Cc1ccc(C2(c3ccc(C4=c5ccccc5=C(c5ccc(C=CC6=CC=C(C7=CC=C8C=C(c9ccc%10c(c9)-c9ccccc9C%10(C9=CC=C(C%10=c%11ccccc%11=C(C%11=CC=C(C=Cc%12ccc(C%13=CC=C%14C=CCCC%14C%13)cc%12)CC%11)C%11C=CC=CC%10%11)CC9)c9ccccc9)C=CC8C7)CC6)cc5)C5C=CC=CC45)cc3)c3ccccc3-c3ccccc32)cc1. The van der Waals surface area contributed by atoms with Crippen LogP contribution in [0, 0.1) is 42.4 Å². The van der Waals surface area contributed by atoms with Crippen LogP contribution in [0.5, 0.6) is 0 Å². The van der Waals surface area contributed by atoms with Crippen molar-refractivity contribution in [1.29, 1.82) is 0 Å². The molecule has 0 heteroatoms. The zero-order valence-corrected chi connectivity index (χ0v) is 72.0. The summed E-state index contributed by atoms with van der Waals surface area (Å²) in [6.45, 7) is 2.18. The minimum Gasteiger partial charge on any atom is -0.0842 e. The highest BCUT2D eigenvalue weighted by atomic mass is 14.5. The quantitative estimate of drug-likeness (QED) is 0.0960. The van der Waals surface area contributed by atoms with Gasteiger partial charge in [0.25, 0.3) is 0 Å². The number of rotatable bonds is 15. The molecule has 0 saturated carbocycles. The summed E-state index contributed by atoms with van der Waals surface area (Å²) in [4.78, 5) is 0. The number of hydrogen-bond acceptors (Lipinski definition) is 0. The summed E-state index contributed by atoms with van der Waals surface area (Å²) in [5.41, 5.74) is 44.1. The monoisotopic (exact) mass is 1620 g/mol. The molecule has 0 aromatic heterocycles. The van der Waals surface area contributed by atoms with Gasteiger partial charge in [0.2, 0.25) is 0 Å². The van der Waals surface area contributed by atoms with Crippen LogP contribution in [0.25, 0.3) is 67.8 Å². The van der Waals surface area contributed by atoms with E-state index in [9.17, 15) is 0 Å². The summed E-state index contributed by atoms with van der Waals surface area (Å²) >= 11 is 0. The molecule has 13 aliphatic carbocycles. The zero-order chi connectivity index (χ0) is 84.1. The Bertz CT molecular complexity index is 7340. The van der Waals surface area contributed by atoms with Crippen LogP contribution < -0.4 is 20.9 Å². The van der Waals surface area contributed by atoms with E-state index < -0.39 is 10.8 Å². The second kappa shape index (κ2) is 31.9. The van der Waals surface area contributed by atoms with Gasteiger partial charge in [0.1, 0.15) is 0 Å².